The highest BCUT2D eigenvalue weighted by Gasteiger charge is 2.37. The van der Waals surface area contributed by atoms with Gasteiger partial charge in [-0.2, -0.15) is 0 Å². The molecular weight excluding hydrogens is 216 g/mol. The Morgan fingerprint density at radius 1 is 1.41 bits per heavy atom. The van der Waals surface area contributed by atoms with E-state index in [1.807, 2.05) is 0 Å². The number of aromatic nitrogens is 1. The Bertz CT molecular complexity index is 388. The summed E-state index contributed by atoms with van der Waals surface area (Å²) in [5.74, 6) is -0.837. The van der Waals surface area contributed by atoms with Crippen molar-refractivity contribution in [2.45, 2.75) is 44.2 Å². The molecular formula is C13H18N2O2. The van der Waals surface area contributed by atoms with Crippen molar-refractivity contribution in [1.29, 1.82) is 0 Å². The van der Waals surface area contributed by atoms with E-state index in [0.717, 1.165) is 18.4 Å². The molecule has 1 aromatic heterocycles. The smallest absolute Gasteiger partial charge is 0.328 e. The summed E-state index contributed by atoms with van der Waals surface area (Å²) in [6.45, 7) is 1.73. The maximum atomic E-state index is 11.5. The van der Waals surface area contributed by atoms with E-state index in [1.165, 1.54) is 12.8 Å². The van der Waals surface area contributed by atoms with E-state index in [0.29, 0.717) is 6.04 Å². The Morgan fingerprint density at radius 2 is 2.00 bits per heavy atom. The van der Waals surface area contributed by atoms with E-state index in [-0.39, 0.29) is 0 Å². The molecule has 2 rings (SSSR count). The second kappa shape index (κ2) is 4.84. The number of aliphatic carboxylic acids is 1. The molecule has 1 aromatic rings. The zero-order valence-corrected chi connectivity index (χ0v) is 10.0. The molecule has 1 aliphatic rings. The number of rotatable bonds is 4. The zero-order chi connectivity index (χ0) is 12.3. The third-order valence-electron chi connectivity index (χ3n) is 3.53. The summed E-state index contributed by atoms with van der Waals surface area (Å²) in [7, 11) is 0. The molecule has 0 aromatic carbocycles. The van der Waals surface area contributed by atoms with Gasteiger partial charge < -0.3 is 5.11 Å². The minimum atomic E-state index is -1.02. The maximum Gasteiger partial charge on any atom is 0.328 e. The molecule has 0 radical (unpaired) electrons. The van der Waals surface area contributed by atoms with E-state index >= 15 is 0 Å². The molecule has 0 aliphatic heterocycles. The van der Waals surface area contributed by atoms with Crippen LogP contribution in [-0.4, -0.2) is 22.1 Å². The standard InChI is InChI=1S/C13H18N2O2/c1-13(12(16)17,10-6-8-14-9-7-10)15-11-4-2-3-5-11/h6-9,11,15H,2-5H2,1H3,(H,16,17). The van der Waals surface area contributed by atoms with E-state index in [4.69, 9.17) is 0 Å². The molecule has 1 saturated carbocycles. The molecule has 0 saturated heterocycles. The molecule has 0 amide bonds. The van der Waals surface area contributed by atoms with E-state index in [9.17, 15) is 9.90 Å². The maximum absolute atomic E-state index is 11.5. The Balaban J connectivity index is 2.23. The number of carboxylic acids is 1. The molecule has 0 spiro atoms. The number of hydrogen-bond donors (Lipinski definition) is 2. The van der Waals surface area contributed by atoms with Crippen molar-refractivity contribution in [3.05, 3.63) is 30.1 Å². The summed E-state index contributed by atoms with van der Waals surface area (Å²) >= 11 is 0. The Hall–Kier alpha value is -1.42. The fraction of sp³-hybridized carbons (Fsp3) is 0.538. The summed E-state index contributed by atoms with van der Waals surface area (Å²) in [6.07, 6.45) is 7.76. The molecule has 2 N–H and O–H groups in total. The van der Waals surface area contributed by atoms with Gasteiger partial charge in [-0.1, -0.05) is 12.8 Å². The lowest BCUT2D eigenvalue weighted by Crippen LogP contribution is -2.50. The topological polar surface area (TPSA) is 62.2 Å². The predicted molar refractivity (Wildman–Crippen MR) is 64.6 cm³/mol. The third kappa shape index (κ3) is 2.47. The molecule has 1 fully saturated rings. The first-order chi connectivity index (χ1) is 8.13. The predicted octanol–water partition coefficient (Wildman–Crippen LogP) is 1.91. The normalized spacial score (nSPS) is 20.1. The summed E-state index contributed by atoms with van der Waals surface area (Å²) < 4.78 is 0. The van der Waals surface area contributed by atoms with Crippen molar-refractivity contribution in [2.75, 3.05) is 0 Å². The molecule has 1 unspecified atom stereocenters. The average molecular weight is 234 g/mol. The highest BCUT2D eigenvalue weighted by Crippen LogP contribution is 2.26. The largest absolute Gasteiger partial charge is 0.480 e. The van der Waals surface area contributed by atoms with Crippen LogP contribution < -0.4 is 5.32 Å². The van der Waals surface area contributed by atoms with Crippen molar-refractivity contribution >= 4 is 5.97 Å². The van der Waals surface area contributed by atoms with Crippen LogP contribution in [0.15, 0.2) is 24.5 Å². The van der Waals surface area contributed by atoms with Crippen LogP contribution in [0.1, 0.15) is 38.2 Å². The first-order valence-electron chi connectivity index (χ1n) is 6.04. The number of pyridine rings is 1. The molecule has 1 aliphatic carbocycles. The van der Waals surface area contributed by atoms with Gasteiger partial charge in [0, 0.05) is 18.4 Å². The first-order valence-corrected chi connectivity index (χ1v) is 6.04. The quantitative estimate of drug-likeness (QED) is 0.835. The van der Waals surface area contributed by atoms with Crippen LogP contribution in [0.3, 0.4) is 0 Å². The SMILES string of the molecule is CC(NC1CCCC1)(C(=O)O)c1ccncc1. The number of nitrogens with zero attached hydrogens (tertiary/aromatic N) is 1. The highest BCUT2D eigenvalue weighted by atomic mass is 16.4. The summed E-state index contributed by atoms with van der Waals surface area (Å²) in [6, 6.07) is 3.83. The van der Waals surface area contributed by atoms with E-state index in [2.05, 4.69) is 10.3 Å². The number of carboxylic acid groups (broad SMARTS) is 1. The van der Waals surface area contributed by atoms with Crippen LogP contribution >= 0.6 is 0 Å². The first kappa shape index (κ1) is 12.0. The minimum absolute atomic E-state index is 0.310. The van der Waals surface area contributed by atoms with Gasteiger partial charge in [-0.05, 0) is 37.5 Å². The van der Waals surface area contributed by atoms with Crippen molar-refractivity contribution in [3.63, 3.8) is 0 Å². The van der Waals surface area contributed by atoms with Gasteiger partial charge in [0.25, 0.3) is 0 Å². The minimum Gasteiger partial charge on any atom is -0.480 e. The number of nitrogens with one attached hydrogen (secondary N) is 1. The van der Waals surface area contributed by atoms with Gasteiger partial charge in [-0.15, -0.1) is 0 Å². The van der Waals surface area contributed by atoms with Gasteiger partial charge in [0.2, 0.25) is 0 Å². The second-order valence-electron chi connectivity index (χ2n) is 4.79. The Morgan fingerprint density at radius 3 is 2.53 bits per heavy atom. The van der Waals surface area contributed by atoms with Gasteiger partial charge in [0.1, 0.15) is 5.54 Å². The average Bonchev–Trinajstić information content (AvgIpc) is 2.82. The summed E-state index contributed by atoms with van der Waals surface area (Å²) in [4.78, 5) is 15.5. The third-order valence-corrected chi connectivity index (χ3v) is 3.53. The Labute approximate surface area is 101 Å². The lowest BCUT2D eigenvalue weighted by Gasteiger charge is -2.30. The van der Waals surface area contributed by atoms with Crippen molar-refractivity contribution in [1.82, 2.24) is 10.3 Å². The van der Waals surface area contributed by atoms with Gasteiger partial charge in [-0.3, -0.25) is 10.3 Å². The molecule has 4 nitrogen and oxygen atoms in total. The van der Waals surface area contributed by atoms with Crippen LogP contribution in [0.25, 0.3) is 0 Å². The molecule has 0 bridgehead atoms. The van der Waals surface area contributed by atoms with Crippen molar-refractivity contribution < 1.29 is 9.90 Å². The van der Waals surface area contributed by atoms with Gasteiger partial charge in [0.15, 0.2) is 0 Å². The second-order valence-corrected chi connectivity index (χ2v) is 4.79. The van der Waals surface area contributed by atoms with Crippen LogP contribution in [0, 0.1) is 0 Å². The van der Waals surface area contributed by atoms with Gasteiger partial charge in [-0.25, -0.2) is 4.79 Å². The van der Waals surface area contributed by atoms with Crippen molar-refractivity contribution in [3.8, 4) is 0 Å². The molecule has 4 heteroatoms. The Kier molecular flexibility index (Phi) is 3.43. The monoisotopic (exact) mass is 234 g/mol. The van der Waals surface area contributed by atoms with Crippen molar-refractivity contribution in [2.24, 2.45) is 0 Å². The number of carbonyl (C=O) groups is 1. The van der Waals surface area contributed by atoms with Crippen LogP contribution in [-0.2, 0) is 10.3 Å². The molecule has 92 valence electrons. The summed E-state index contributed by atoms with van der Waals surface area (Å²) in [5.41, 5.74) is -0.260. The molecule has 17 heavy (non-hydrogen) atoms. The summed E-state index contributed by atoms with van der Waals surface area (Å²) in [5, 5.41) is 12.7. The zero-order valence-electron chi connectivity index (χ0n) is 10.0. The highest BCUT2D eigenvalue weighted by molar-refractivity contribution is 5.80. The molecule has 1 heterocycles. The van der Waals surface area contributed by atoms with E-state index in [1.54, 1.807) is 31.5 Å². The number of hydrogen-bond acceptors (Lipinski definition) is 3. The van der Waals surface area contributed by atoms with Crippen LogP contribution in [0.5, 0.6) is 0 Å². The molecule has 1 atom stereocenters. The fourth-order valence-corrected chi connectivity index (χ4v) is 2.43. The lowest BCUT2D eigenvalue weighted by atomic mass is 9.91. The van der Waals surface area contributed by atoms with Crippen LogP contribution in [0.4, 0.5) is 0 Å². The van der Waals surface area contributed by atoms with Gasteiger partial charge in [0.05, 0.1) is 0 Å². The fourth-order valence-electron chi connectivity index (χ4n) is 2.43. The van der Waals surface area contributed by atoms with Crippen LogP contribution in [0.2, 0.25) is 0 Å². The van der Waals surface area contributed by atoms with E-state index < -0.39 is 11.5 Å². The van der Waals surface area contributed by atoms with Gasteiger partial charge >= 0.3 is 5.97 Å². The lowest BCUT2D eigenvalue weighted by molar-refractivity contribution is -0.145.